The molecule has 1 aromatic carbocycles. The molecule has 1 heterocycles. The van der Waals surface area contributed by atoms with E-state index in [0.717, 1.165) is 5.92 Å². The highest BCUT2D eigenvalue weighted by molar-refractivity contribution is 7.12. The normalized spacial score (nSPS) is 17.7. The SMILES string of the molecule is Cc1ccc(C(NC(C)c2cc(C)sc2C)C2CC2)cc1. The second kappa shape index (κ2) is 5.94. The van der Waals surface area contributed by atoms with Crippen molar-refractivity contribution < 1.29 is 0 Å². The van der Waals surface area contributed by atoms with Crippen LogP contribution in [-0.4, -0.2) is 0 Å². The van der Waals surface area contributed by atoms with E-state index < -0.39 is 0 Å². The predicted molar refractivity (Wildman–Crippen MR) is 92.0 cm³/mol. The van der Waals surface area contributed by atoms with Gasteiger partial charge in [0, 0.05) is 21.8 Å². The van der Waals surface area contributed by atoms with E-state index in [0.29, 0.717) is 12.1 Å². The van der Waals surface area contributed by atoms with Crippen LogP contribution in [0.2, 0.25) is 0 Å². The van der Waals surface area contributed by atoms with Crippen molar-refractivity contribution in [3.8, 4) is 0 Å². The van der Waals surface area contributed by atoms with E-state index in [9.17, 15) is 0 Å². The Hall–Kier alpha value is -1.12. The summed E-state index contributed by atoms with van der Waals surface area (Å²) in [6.07, 6.45) is 2.72. The molecular formula is C19H25NS. The van der Waals surface area contributed by atoms with E-state index in [1.165, 1.54) is 39.3 Å². The molecule has 1 aliphatic rings. The van der Waals surface area contributed by atoms with E-state index in [-0.39, 0.29) is 0 Å². The first-order valence-corrected chi connectivity index (χ1v) is 8.76. The predicted octanol–water partition coefficient (Wildman–Crippen LogP) is 5.48. The fourth-order valence-corrected chi connectivity index (χ4v) is 4.17. The van der Waals surface area contributed by atoms with E-state index in [1.54, 1.807) is 0 Å². The monoisotopic (exact) mass is 299 g/mol. The molecule has 2 heteroatoms. The maximum atomic E-state index is 3.89. The lowest BCUT2D eigenvalue weighted by atomic mass is 9.99. The molecule has 2 aromatic rings. The highest BCUT2D eigenvalue weighted by Gasteiger charge is 2.33. The van der Waals surface area contributed by atoms with Gasteiger partial charge >= 0.3 is 0 Å². The van der Waals surface area contributed by atoms with Crippen LogP contribution in [0.1, 0.15) is 58.3 Å². The third-order valence-electron chi connectivity index (χ3n) is 4.51. The van der Waals surface area contributed by atoms with Crippen LogP contribution in [0.5, 0.6) is 0 Å². The number of hydrogen-bond acceptors (Lipinski definition) is 2. The van der Waals surface area contributed by atoms with Crippen LogP contribution < -0.4 is 5.32 Å². The molecule has 0 saturated heterocycles. The molecule has 0 radical (unpaired) electrons. The number of hydrogen-bond donors (Lipinski definition) is 1. The number of aryl methyl sites for hydroxylation is 3. The first-order valence-electron chi connectivity index (χ1n) is 7.94. The second-order valence-electron chi connectivity index (χ2n) is 6.48. The second-order valence-corrected chi connectivity index (χ2v) is 7.94. The minimum absolute atomic E-state index is 0.418. The molecule has 21 heavy (non-hydrogen) atoms. The standard InChI is InChI=1S/C19H25NS/c1-12-5-7-16(8-6-12)19(17-9-10-17)20-14(3)18-11-13(2)21-15(18)4/h5-8,11,14,17,19-20H,9-10H2,1-4H3. The maximum absolute atomic E-state index is 3.89. The molecule has 1 saturated carbocycles. The first kappa shape index (κ1) is 14.8. The highest BCUT2D eigenvalue weighted by Crippen LogP contribution is 2.42. The van der Waals surface area contributed by atoms with Gasteiger partial charge in [0.15, 0.2) is 0 Å². The van der Waals surface area contributed by atoms with Crippen molar-refractivity contribution in [2.45, 2.75) is 52.6 Å². The average molecular weight is 299 g/mol. The Kier molecular flexibility index (Phi) is 4.19. The minimum atomic E-state index is 0.418. The van der Waals surface area contributed by atoms with Gasteiger partial charge in [0.05, 0.1) is 0 Å². The molecule has 3 rings (SSSR count). The van der Waals surface area contributed by atoms with Gasteiger partial charge in [-0.25, -0.2) is 0 Å². The van der Waals surface area contributed by atoms with Gasteiger partial charge in [0.2, 0.25) is 0 Å². The molecule has 0 bridgehead atoms. The number of rotatable bonds is 5. The van der Waals surface area contributed by atoms with Crippen molar-refractivity contribution in [3.63, 3.8) is 0 Å². The lowest BCUT2D eigenvalue weighted by Gasteiger charge is -2.24. The summed E-state index contributed by atoms with van der Waals surface area (Å²) in [6, 6.07) is 12.3. The summed E-state index contributed by atoms with van der Waals surface area (Å²) in [4.78, 5) is 2.86. The fraction of sp³-hybridized carbons (Fsp3) is 0.474. The summed E-state index contributed by atoms with van der Waals surface area (Å²) in [5.41, 5.74) is 4.25. The Morgan fingerprint density at radius 1 is 1.10 bits per heavy atom. The summed E-state index contributed by atoms with van der Waals surface area (Å²) in [7, 11) is 0. The molecule has 0 aliphatic heterocycles. The van der Waals surface area contributed by atoms with E-state index in [2.05, 4.69) is 63.3 Å². The summed E-state index contributed by atoms with van der Waals surface area (Å²) in [5, 5.41) is 3.89. The number of nitrogens with one attached hydrogen (secondary N) is 1. The van der Waals surface area contributed by atoms with Gasteiger partial charge in [-0.15, -0.1) is 11.3 Å². The fourth-order valence-electron chi connectivity index (χ4n) is 3.15. The van der Waals surface area contributed by atoms with E-state index >= 15 is 0 Å². The van der Waals surface area contributed by atoms with Crippen molar-refractivity contribution in [1.82, 2.24) is 5.32 Å². The molecule has 1 fully saturated rings. The first-order chi connectivity index (χ1) is 10.0. The van der Waals surface area contributed by atoms with Gasteiger partial charge in [-0.2, -0.15) is 0 Å². The van der Waals surface area contributed by atoms with Gasteiger partial charge in [0.1, 0.15) is 0 Å². The van der Waals surface area contributed by atoms with Crippen LogP contribution in [0.25, 0.3) is 0 Å². The van der Waals surface area contributed by atoms with Crippen LogP contribution >= 0.6 is 11.3 Å². The number of benzene rings is 1. The molecule has 1 N–H and O–H groups in total. The van der Waals surface area contributed by atoms with Crippen molar-refractivity contribution in [2.24, 2.45) is 5.92 Å². The Morgan fingerprint density at radius 3 is 2.29 bits per heavy atom. The zero-order chi connectivity index (χ0) is 15.0. The largest absolute Gasteiger partial charge is 0.303 e. The lowest BCUT2D eigenvalue weighted by Crippen LogP contribution is -2.26. The van der Waals surface area contributed by atoms with Crippen LogP contribution in [0.15, 0.2) is 30.3 Å². The topological polar surface area (TPSA) is 12.0 Å². The Bertz CT molecular complexity index is 607. The minimum Gasteiger partial charge on any atom is -0.303 e. The third kappa shape index (κ3) is 3.38. The van der Waals surface area contributed by atoms with Crippen molar-refractivity contribution in [2.75, 3.05) is 0 Å². The highest BCUT2D eigenvalue weighted by atomic mass is 32.1. The van der Waals surface area contributed by atoms with Crippen LogP contribution in [0, 0.1) is 26.7 Å². The third-order valence-corrected chi connectivity index (χ3v) is 5.49. The molecule has 1 aliphatic carbocycles. The van der Waals surface area contributed by atoms with Crippen LogP contribution in [0.3, 0.4) is 0 Å². The lowest BCUT2D eigenvalue weighted by molar-refractivity contribution is 0.427. The quantitative estimate of drug-likeness (QED) is 0.771. The van der Waals surface area contributed by atoms with E-state index in [4.69, 9.17) is 0 Å². The maximum Gasteiger partial charge on any atom is 0.0353 e. The van der Waals surface area contributed by atoms with Crippen molar-refractivity contribution in [1.29, 1.82) is 0 Å². The van der Waals surface area contributed by atoms with Crippen molar-refractivity contribution >= 4 is 11.3 Å². The van der Waals surface area contributed by atoms with Crippen LogP contribution in [-0.2, 0) is 0 Å². The Balaban J connectivity index is 1.79. The Labute approximate surface area is 132 Å². The van der Waals surface area contributed by atoms with Gasteiger partial charge in [0.25, 0.3) is 0 Å². The molecule has 112 valence electrons. The van der Waals surface area contributed by atoms with Gasteiger partial charge in [-0.3, -0.25) is 0 Å². The van der Waals surface area contributed by atoms with E-state index in [1.807, 2.05) is 11.3 Å². The molecule has 2 atom stereocenters. The number of thiophene rings is 1. The smallest absolute Gasteiger partial charge is 0.0353 e. The average Bonchev–Trinajstić information content (AvgIpc) is 3.22. The molecule has 0 spiro atoms. The summed E-state index contributed by atoms with van der Waals surface area (Å²) in [6.45, 7) is 8.90. The summed E-state index contributed by atoms with van der Waals surface area (Å²) in [5.74, 6) is 0.815. The zero-order valence-corrected chi connectivity index (χ0v) is 14.3. The molecule has 1 nitrogen and oxygen atoms in total. The molecular weight excluding hydrogens is 274 g/mol. The molecule has 0 amide bonds. The van der Waals surface area contributed by atoms with Gasteiger partial charge in [-0.05, 0) is 63.6 Å². The zero-order valence-electron chi connectivity index (χ0n) is 13.4. The summed E-state index contributed by atoms with van der Waals surface area (Å²) >= 11 is 1.91. The van der Waals surface area contributed by atoms with Crippen molar-refractivity contribution in [3.05, 3.63) is 56.8 Å². The molecule has 1 aromatic heterocycles. The van der Waals surface area contributed by atoms with Gasteiger partial charge < -0.3 is 5.32 Å². The van der Waals surface area contributed by atoms with Gasteiger partial charge in [-0.1, -0.05) is 29.8 Å². The van der Waals surface area contributed by atoms with Crippen LogP contribution in [0.4, 0.5) is 0 Å². The molecule has 2 unspecified atom stereocenters. The Morgan fingerprint density at radius 2 is 1.76 bits per heavy atom. The summed E-state index contributed by atoms with van der Waals surface area (Å²) < 4.78 is 0.